The first kappa shape index (κ1) is 14.0. The van der Waals surface area contributed by atoms with Crippen molar-refractivity contribution in [3.63, 3.8) is 0 Å². The standard InChI is InChI=1S/C15H20O4/c16-14(19-12-13-6-2-1-3-7-13)9-11-18-15-8-4-5-10-17-15/h1-3,6-7,15H,4-5,8-12H2. The first-order valence-corrected chi connectivity index (χ1v) is 6.77. The van der Waals surface area contributed by atoms with Gasteiger partial charge in [0, 0.05) is 6.61 Å². The van der Waals surface area contributed by atoms with Crippen molar-refractivity contribution in [1.82, 2.24) is 0 Å². The lowest BCUT2D eigenvalue weighted by Crippen LogP contribution is -2.23. The van der Waals surface area contributed by atoms with E-state index in [0.717, 1.165) is 31.4 Å². The highest BCUT2D eigenvalue weighted by molar-refractivity contribution is 5.69. The Morgan fingerprint density at radius 3 is 2.84 bits per heavy atom. The third kappa shape index (κ3) is 5.41. The van der Waals surface area contributed by atoms with Gasteiger partial charge in [-0.3, -0.25) is 4.79 Å². The van der Waals surface area contributed by atoms with Gasteiger partial charge in [-0.25, -0.2) is 0 Å². The highest BCUT2D eigenvalue weighted by atomic mass is 16.7. The van der Waals surface area contributed by atoms with Crippen molar-refractivity contribution in [3.8, 4) is 0 Å². The molecule has 4 nitrogen and oxygen atoms in total. The van der Waals surface area contributed by atoms with Gasteiger partial charge in [-0.1, -0.05) is 30.3 Å². The Balaban J connectivity index is 1.57. The van der Waals surface area contributed by atoms with Crippen molar-refractivity contribution in [2.75, 3.05) is 13.2 Å². The summed E-state index contributed by atoms with van der Waals surface area (Å²) in [5.74, 6) is -0.236. The van der Waals surface area contributed by atoms with Gasteiger partial charge in [0.2, 0.25) is 0 Å². The van der Waals surface area contributed by atoms with Crippen LogP contribution >= 0.6 is 0 Å². The molecular weight excluding hydrogens is 244 g/mol. The number of esters is 1. The van der Waals surface area contributed by atoms with Crippen LogP contribution in [0.5, 0.6) is 0 Å². The minimum atomic E-state index is -0.236. The zero-order valence-electron chi connectivity index (χ0n) is 11.0. The van der Waals surface area contributed by atoms with E-state index in [1.165, 1.54) is 0 Å². The molecule has 0 aromatic heterocycles. The molecule has 1 aliphatic rings. The van der Waals surface area contributed by atoms with Gasteiger partial charge in [0.25, 0.3) is 0 Å². The second kappa shape index (κ2) is 7.92. The van der Waals surface area contributed by atoms with E-state index in [9.17, 15) is 4.79 Å². The Kier molecular flexibility index (Phi) is 5.85. The van der Waals surface area contributed by atoms with Gasteiger partial charge in [0.05, 0.1) is 13.0 Å². The summed E-state index contributed by atoms with van der Waals surface area (Å²) in [6.45, 7) is 1.43. The van der Waals surface area contributed by atoms with Crippen LogP contribution in [0.4, 0.5) is 0 Å². The summed E-state index contributed by atoms with van der Waals surface area (Å²) in [5, 5.41) is 0. The van der Waals surface area contributed by atoms with Crippen molar-refractivity contribution in [2.24, 2.45) is 0 Å². The summed E-state index contributed by atoms with van der Waals surface area (Å²) in [6.07, 6.45) is 3.27. The molecule has 0 N–H and O–H groups in total. The van der Waals surface area contributed by atoms with E-state index in [0.29, 0.717) is 13.2 Å². The molecule has 104 valence electrons. The number of ether oxygens (including phenoxy) is 3. The van der Waals surface area contributed by atoms with Gasteiger partial charge in [-0.15, -0.1) is 0 Å². The summed E-state index contributed by atoms with van der Waals surface area (Å²) < 4.78 is 16.1. The Hall–Kier alpha value is -1.39. The molecule has 2 rings (SSSR count). The fourth-order valence-electron chi connectivity index (χ4n) is 1.93. The zero-order valence-corrected chi connectivity index (χ0v) is 11.0. The molecule has 1 aromatic rings. The molecule has 4 heteroatoms. The number of carbonyl (C=O) groups is 1. The largest absolute Gasteiger partial charge is 0.461 e. The van der Waals surface area contributed by atoms with E-state index in [2.05, 4.69) is 0 Å². The van der Waals surface area contributed by atoms with Gasteiger partial charge in [0.15, 0.2) is 6.29 Å². The van der Waals surface area contributed by atoms with Crippen LogP contribution in [-0.2, 0) is 25.6 Å². The Morgan fingerprint density at radius 2 is 2.11 bits per heavy atom. The van der Waals surface area contributed by atoms with Crippen LogP contribution in [0, 0.1) is 0 Å². The Bertz CT molecular complexity index is 371. The highest BCUT2D eigenvalue weighted by Gasteiger charge is 2.14. The Labute approximate surface area is 113 Å². The summed E-state index contributed by atoms with van der Waals surface area (Å²) >= 11 is 0. The van der Waals surface area contributed by atoms with Crippen LogP contribution in [0.15, 0.2) is 30.3 Å². The minimum Gasteiger partial charge on any atom is -0.461 e. The first-order valence-electron chi connectivity index (χ1n) is 6.77. The van der Waals surface area contributed by atoms with Crippen LogP contribution in [0.25, 0.3) is 0 Å². The van der Waals surface area contributed by atoms with E-state index >= 15 is 0 Å². The molecule has 0 aliphatic carbocycles. The SMILES string of the molecule is O=C(CCOC1CCCCO1)OCc1ccccc1. The molecule has 1 aliphatic heterocycles. The lowest BCUT2D eigenvalue weighted by molar-refractivity contribution is -0.169. The fourth-order valence-corrected chi connectivity index (χ4v) is 1.93. The predicted octanol–water partition coefficient (Wildman–Crippen LogP) is 2.66. The summed E-state index contributed by atoms with van der Waals surface area (Å²) in [7, 11) is 0. The van der Waals surface area contributed by atoms with E-state index in [1.807, 2.05) is 30.3 Å². The molecule has 0 bridgehead atoms. The zero-order chi connectivity index (χ0) is 13.3. The van der Waals surface area contributed by atoms with Crippen molar-refractivity contribution in [3.05, 3.63) is 35.9 Å². The topological polar surface area (TPSA) is 44.8 Å². The van der Waals surface area contributed by atoms with Crippen LogP contribution < -0.4 is 0 Å². The van der Waals surface area contributed by atoms with E-state index in [-0.39, 0.29) is 18.7 Å². The first-order chi connectivity index (χ1) is 9.34. The lowest BCUT2D eigenvalue weighted by Gasteiger charge is -2.22. The quantitative estimate of drug-likeness (QED) is 0.741. The second-order valence-corrected chi connectivity index (χ2v) is 4.56. The molecule has 0 saturated carbocycles. The third-order valence-corrected chi connectivity index (χ3v) is 2.99. The van der Waals surface area contributed by atoms with Gasteiger partial charge in [0.1, 0.15) is 6.61 Å². The molecule has 1 atom stereocenters. The molecule has 0 spiro atoms. The monoisotopic (exact) mass is 264 g/mol. The smallest absolute Gasteiger partial charge is 0.308 e. The van der Waals surface area contributed by atoms with Gasteiger partial charge in [-0.05, 0) is 24.8 Å². The van der Waals surface area contributed by atoms with Crippen molar-refractivity contribution in [2.45, 2.75) is 38.6 Å². The molecular formula is C15H20O4. The number of hydrogen-bond acceptors (Lipinski definition) is 4. The molecule has 0 radical (unpaired) electrons. The van der Waals surface area contributed by atoms with Crippen LogP contribution in [-0.4, -0.2) is 25.5 Å². The van der Waals surface area contributed by atoms with E-state index in [1.54, 1.807) is 0 Å². The van der Waals surface area contributed by atoms with Crippen LogP contribution in [0.2, 0.25) is 0 Å². The summed E-state index contributed by atoms with van der Waals surface area (Å²) in [5.41, 5.74) is 0.993. The van der Waals surface area contributed by atoms with E-state index < -0.39 is 0 Å². The number of hydrogen-bond donors (Lipinski definition) is 0. The molecule has 0 amide bonds. The third-order valence-electron chi connectivity index (χ3n) is 2.99. The van der Waals surface area contributed by atoms with Gasteiger partial charge < -0.3 is 14.2 Å². The van der Waals surface area contributed by atoms with Crippen molar-refractivity contribution < 1.29 is 19.0 Å². The average Bonchev–Trinajstić information content (AvgIpc) is 2.47. The normalized spacial score (nSPS) is 19.1. The second-order valence-electron chi connectivity index (χ2n) is 4.56. The van der Waals surface area contributed by atoms with Gasteiger partial charge >= 0.3 is 5.97 Å². The molecule has 19 heavy (non-hydrogen) atoms. The van der Waals surface area contributed by atoms with Gasteiger partial charge in [-0.2, -0.15) is 0 Å². The Morgan fingerprint density at radius 1 is 1.26 bits per heavy atom. The number of carbonyl (C=O) groups excluding carboxylic acids is 1. The molecule has 1 unspecified atom stereocenters. The lowest BCUT2D eigenvalue weighted by atomic mass is 10.2. The predicted molar refractivity (Wildman–Crippen MR) is 70.4 cm³/mol. The molecule has 1 aromatic carbocycles. The highest BCUT2D eigenvalue weighted by Crippen LogP contribution is 2.13. The van der Waals surface area contributed by atoms with Crippen LogP contribution in [0.3, 0.4) is 0 Å². The van der Waals surface area contributed by atoms with Crippen molar-refractivity contribution in [1.29, 1.82) is 0 Å². The number of benzene rings is 1. The maximum absolute atomic E-state index is 11.5. The summed E-state index contributed by atoms with van der Waals surface area (Å²) in [6, 6.07) is 9.64. The maximum atomic E-state index is 11.5. The fraction of sp³-hybridized carbons (Fsp3) is 0.533. The van der Waals surface area contributed by atoms with Crippen molar-refractivity contribution >= 4 is 5.97 Å². The maximum Gasteiger partial charge on any atom is 0.308 e. The molecule has 1 fully saturated rings. The minimum absolute atomic E-state index is 0.143. The average molecular weight is 264 g/mol. The molecule has 1 heterocycles. The van der Waals surface area contributed by atoms with Crippen LogP contribution in [0.1, 0.15) is 31.2 Å². The van der Waals surface area contributed by atoms with E-state index in [4.69, 9.17) is 14.2 Å². The summed E-state index contributed by atoms with van der Waals surface area (Å²) in [4.78, 5) is 11.5. The number of rotatable bonds is 6. The molecule has 1 saturated heterocycles.